The summed E-state index contributed by atoms with van der Waals surface area (Å²) >= 11 is 0. The quantitative estimate of drug-likeness (QED) is 0.408. The van der Waals surface area contributed by atoms with E-state index in [9.17, 15) is 10.1 Å². The third-order valence-corrected chi connectivity index (χ3v) is 5.40. The lowest BCUT2D eigenvalue weighted by molar-refractivity contribution is -0.384. The molecule has 1 N–H and O–H groups in total. The number of H-pyrrole nitrogens is 1. The summed E-state index contributed by atoms with van der Waals surface area (Å²) < 4.78 is 0. The van der Waals surface area contributed by atoms with Gasteiger partial charge in [0.05, 0.1) is 4.92 Å². The van der Waals surface area contributed by atoms with Crippen LogP contribution in [0.25, 0.3) is 10.9 Å². The molecule has 1 aromatic heterocycles. The number of para-hydroxylation sites is 1. The molecule has 21 heavy (non-hydrogen) atoms. The Hall–Kier alpha value is -1.92. The highest BCUT2D eigenvalue weighted by atomic mass is 33.1. The average molecular weight is 316 g/mol. The monoisotopic (exact) mass is 316 g/mol. The number of fused-ring (bicyclic) bond motifs is 1. The molecular formula is C15H12N2O2S2. The van der Waals surface area contributed by atoms with Crippen LogP contribution in [0.1, 0.15) is 5.56 Å². The van der Waals surface area contributed by atoms with Crippen molar-refractivity contribution in [2.24, 2.45) is 0 Å². The van der Waals surface area contributed by atoms with E-state index in [2.05, 4.69) is 17.1 Å². The van der Waals surface area contributed by atoms with Crippen molar-refractivity contribution in [2.45, 2.75) is 10.6 Å². The SMILES string of the molecule is O=[N+]([O-])c1ccc(CSSc2c[nH]c3ccccc23)cc1. The van der Waals surface area contributed by atoms with Crippen molar-refractivity contribution in [3.05, 3.63) is 70.4 Å². The molecule has 0 spiro atoms. The molecule has 6 heteroatoms. The summed E-state index contributed by atoms with van der Waals surface area (Å²) in [6.07, 6.45) is 2.01. The molecular weight excluding hydrogens is 304 g/mol. The van der Waals surface area contributed by atoms with E-state index in [1.807, 2.05) is 18.3 Å². The Labute approximate surface area is 129 Å². The minimum absolute atomic E-state index is 0.132. The fraction of sp³-hybridized carbons (Fsp3) is 0.0667. The standard InChI is InChI=1S/C15H12N2O2S2/c18-17(19)12-7-5-11(6-8-12)10-20-21-15-9-16-14-4-2-1-3-13(14)15/h1-9,16H,10H2. The van der Waals surface area contributed by atoms with Crippen LogP contribution in [0.2, 0.25) is 0 Å². The first-order chi connectivity index (χ1) is 10.2. The van der Waals surface area contributed by atoms with Gasteiger partial charge in [-0.05, 0) is 11.6 Å². The highest BCUT2D eigenvalue weighted by molar-refractivity contribution is 8.76. The Morgan fingerprint density at radius 2 is 1.86 bits per heavy atom. The van der Waals surface area contributed by atoms with Gasteiger partial charge in [0.1, 0.15) is 0 Å². The zero-order chi connectivity index (χ0) is 14.7. The Balaban J connectivity index is 1.62. The first-order valence-corrected chi connectivity index (χ1v) is 8.65. The van der Waals surface area contributed by atoms with Crippen molar-refractivity contribution in [1.29, 1.82) is 0 Å². The topological polar surface area (TPSA) is 58.9 Å². The molecule has 106 valence electrons. The number of benzene rings is 2. The molecule has 0 fully saturated rings. The molecule has 0 radical (unpaired) electrons. The van der Waals surface area contributed by atoms with Gasteiger partial charge >= 0.3 is 0 Å². The number of hydrogen-bond donors (Lipinski definition) is 1. The smallest absolute Gasteiger partial charge is 0.269 e. The van der Waals surface area contributed by atoms with Crippen molar-refractivity contribution < 1.29 is 4.92 Å². The molecule has 0 bridgehead atoms. The molecule has 2 aromatic carbocycles. The molecule has 3 rings (SSSR count). The highest BCUT2D eigenvalue weighted by Gasteiger charge is 2.06. The molecule has 4 nitrogen and oxygen atoms in total. The Morgan fingerprint density at radius 1 is 1.10 bits per heavy atom. The van der Waals surface area contributed by atoms with Gasteiger partial charge in [-0.15, -0.1) is 0 Å². The number of hydrogen-bond acceptors (Lipinski definition) is 4. The zero-order valence-electron chi connectivity index (χ0n) is 11.0. The van der Waals surface area contributed by atoms with Crippen molar-refractivity contribution >= 4 is 38.2 Å². The summed E-state index contributed by atoms with van der Waals surface area (Å²) in [4.78, 5) is 14.7. The number of aromatic nitrogens is 1. The average Bonchev–Trinajstić information content (AvgIpc) is 2.91. The molecule has 0 aliphatic carbocycles. The maximum atomic E-state index is 10.6. The normalized spacial score (nSPS) is 10.9. The van der Waals surface area contributed by atoms with E-state index in [-0.39, 0.29) is 10.6 Å². The van der Waals surface area contributed by atoms with E-state index in [1.54, 1.807) is 45.9 Å². The fourth-order valence-corrected chi connectivity index (χ4v) is 4.26. The predicted molar refractivity (Wildman–Crippen MR) is 88.5 cm³/mol. The number of nitrogens with zero attached hydrogens (tertiary/aromatic N) is 1. The molecule has 0 amide bonds. The molecule has 0 aliphatic heterocycles. The molecule has 1 heterocycles. The first kappa shape index (κ1) is 14.0. The molecule has 0 saturated heterocycles. The van der Waals surface area contributed by atoms with Crippen molar-refractivity contribution in [3.63, 3.8) is 0 Å². The molecule has 0 unspecified atom stereocenters. The van der Waals surface area contributed by atoms with E-state index in [4.69, 9.17) is 0 Å². The maximum absolute atomic E-state index is 10.6. The minimum atomic E-state index is -0.377. The Kier molecular flexibility index (Phi) is 4.17. The van der Waals surface area contributed by atoms with Crippen LogP contribution in [0.5, 0.6) is 0 Å². The molecule has 0 aliphatic rings. The predicted octanol–water partition coefficient (Wildman–Crippen LogP) is 5.02. The number of nitro groups is 1. The molecule has 3 aromatic rings. The summed E-state index contributed by atoms with van der Waals surface area (Å²) in [7, 11) is 3.43. The zero-order valence-corrected chi connectivity index (χ0v) is 12.6. The van der Waals surface area contributed by atoms with Gasteiger partial charge in [0.2, 0.25) is 0 Å². The van der Waals surface area contributed by atoms with E-state index in [0.29, 0.717) is 0 Å². The van der Waals surface area contributed by atoms with Crippen molar-refractivity contribution in [3.8, 4) is 0 Å². The van der Waals surface area contributed by atoms with Crippen molar-refractivity contribution in [1.82, 2.24) is 4.98 Å². The van der Waals surface area contributed by atoms with Gasteiger partial charge in [0.25, 0.3) is 5.69 Å². The van der Waals surface area contributed by atoms with Crippen LogP contribution in [-0.4, -0.2) is 9.91 Å². The summed E-state index contributed by atoms with van der Waals surface area (Å²) in [5.41, 5.74) is 2.35. The number of nitro benzene ring substituents is 1. The summed E-state index contributed by atoms with van der Waals surface area (Å²) in [6, 6.07) is 14.9. The number of nitrogens with one attached hydrogen (secondary N) is 1. The van der Waals surface area contributed by atoms with E-state index >= 15 is 0 Å². The first-order valence-electron chi connectivity index (χ1n) is 6.33. The lowest BCUT2D eigenvalue weighted by Gasteiger charge is -2.01. The van der Waals surface area contributed by atoms with Crippen LogP contribution in [0, 0.1) is 10.1 Å². The summed E-state index contributed by atoms with van der Waals surface area (Å²) in [5, 5.41) is 11.8. The highest BCUT2D eigenvalue weighted by Crippen LogP contribution is 2.37. The summed E-state index contributed by atoms with van der Waals surface area (Å²) in [5.74, 6) is 0.808. The Bertz CT molecular complexity index is 769. The maximum Gasteiger partial charge on any atom is 0.269 e. The largest absolute Gasteiger partial charge is 0.360 e. The van der Waals surface area contributed by atoms with Gasteiger partial charge in [-0.3, -0.25) is 10.1 Å². The van der Waals surface area contributed by atoms with Crippen LogP contribution in [0.4, 0.5) is 5.69 Å². The second-order valence-electron chi connectivity index (χ2n) is 4.47. The van der Waals surface area contributed by atoms with E-state index in [0.717, 1.165) is 16.8 Å². The third-order valence-electron chi connectivity index (χ3n) is 3.07. The van der Waals surface area contributed by atoms with Gasteiger partial charge in [0.15, 0.2) is 0 Å². The number of aromatic amines is 1. The van der Waals surface area contributed by atoms with Gasteiger partial charge in [-0.2, -0.15) is 0 Å². The van der Waals surface area contributed by atoms with Crippen LogP contribution in [0.15, 0.2) is 59.6 Å². The minimum Gasteiger partial charge on any atom is -0.360 e. The van der Waals surface area contributed by atoms with Crippen molar-refractivity contribution in [2.75, 3.05) is 0 Å². The van der Waals surface area contributed by atoms with Crippen LogP contribution >= 0.6 is 21.6 Å². The van der Waals surface area contributed by atoms with Gasteiger partial charge in [-0.25, -0.2) is 0 Å². The van der Waals surface area contributed by atoms with Gasteiger partial charge < -0.3 is 4.98 Å². The van der Waals surface area contributed by atoms with Gasteiger partial charge in [-0.1, -0.05) is 51.9 Å². The second kappa shape index (κ2) is 6.24. The van der Waals surface area contributed by atoms with E-state index < -0.39 is 0 Å². The summed E-state index contributed by atoms with van der Waals surface area (Å²) in [6.45, 7) is 0. The lowest BCUT2D eigenvalue weighted by Crippen LogP contribution is -1.87. The van der Waals surface area contributed by atoms with Crippen LogP contribution < -0.4 is 0 Å². The van der Waals surface area contributed by atoms with Crippen LogP contribution in [0.3, 0.4) is 0 Å². The number of non-ortho nitro benzene ring substituents is 1. The molecule has 0 atom stereocenters. The van der Waals surface area contributed by atoms with Crippen LogP contribution in [-0.2, 0) is 5.75 Å². The fourth-order valence-electron chi connectivity index (χ4n) is 1.99. The molecule has 0 saturated carbocycles. The lowest BCUT2D eigenvalue weighted by atomic mass is 10.2. The van der Waals surface area contributed by atoms with E-state index in [1.165, 1.54) is 10.3 Å². The van der Waals surface area contributed by atoms with Gasteiger partial charge in [0, 0.05) is 39.9 Å². The number of rotatable bonds is 5. The second-order valence-corrected chi connectivity index (χ2v) is 6.81. The Morgan fingerprint density at radius 3 is 2.62 bits per heavy atom. The third kappa shape index (κ3) is 3.22.